The Kier molecular flexibility index (Phi) is 2.34. The number of carbonyl (C=O) groups excluding carboxylic acids is 1. The number of Topliss-reactive ketones (excluding diaryl/α,β-unsaturated/α-hetero) is 1. The lowest BCUT2D eigenvalue weighted by atomic mass is 9.93. The zero-order valence-electron chi connectivity index (χ0n) is 9.41. The number of carboxylic acids is 1. The van der Waals surface area contributed by atoms with E-state index in [0.717, 1.165) is 11.1 Å². The van der Waals surface area contributed by atoms with E-state index in [1.54, 1.807) is 12.1 Å². The molecule has 1 aromatic rings. The molecule has 3 heteroatoms. The van der Waals surface area contributed by atoms with Crippen LogP contribution in [0.15, 0.2) is 18.2 Å². The monoisotopic (exact) mass is 218 g/mol. The first-order chi connectivity index (χ1) is 7.47. The van der Waals surface area contributed by atoms with Crippen LogP contribution in [0.4, 0.5) is 0 Å². The summed E-state index contributed by atoms with van der Waals surface area (Å²) in [4.78, 5) is 23.1. The van der Waals surface area contributed by atoms with Gasteiger partial charge in [0.05, 0.1) is 0 Å². The van der Waals surface area contributed by atoms with Crippen molar-refractivity contribution in [1.29, 1.82) is 0 Å². The number of aliphatic carboxylic acids is 1. The summed E-state index contributed by atoms with van der Waals surface area (Å²) in [5.41, 5.74) is 1.52. The summed E-state index contributed by atoms with van der Waals surface area (Å²) in [6, 6.07) is 5.36. The highest BCUT2D eigenvalue weighted by Crippen LogP contribution is 2.48. The van der Waals surface area contributed by atoms with E-state index in [1.165, 1.54) is 0 Å². The predicted octanol–water partition coefficient (Wildman–Crippen LogP) is 2.35. The molecule has 0 bridgehead atoms. The molecule has 0 saturated heterocycles. The Balaban J connectivity index is 2.35. The minimum Gasteiger partial charge on any atom is -0.480 e. The van der Waals surface area contributed by atoms with Crippen LogP contribution in [0.5, 0.6) is 0 Å². The third-order valence-electron chi connectivity index (χ3n) is 3.36. The van der Waals surface area contributed by atoms with Crippen LogP contribution < -0.4 is 0 Å². The van der Waals surface area contributed by atoms with Crippen LogP contribution in [0.2, 0.25) is 0 Å². The Bertz CT molecular complexity index is 470. The average Bonchev–Trinajstić information content (AvgIpc) is 3.02. The first kappa shape index (κ1) is 10.9. The van der Waals surface area contributed by atoms with Crippen molar-refractivity contribution in [2.75, 3.05) is 0 Å². The Hall–Kier alpha value is -1.64. The number of benzene rings is 1. The number of hydrogen-bond donors (Lipinski definition) is 1. The molecule has 1 aromatic carbocycles. The van der Waals surface area contributed by atoms with E-state index in [2.05, 4.69) is 0 Å². The molecule has 0 spiro atoms. The number of carboxylic acid groups (broad SMARTS) is 1. The number of hydrogen-bond acceptors (Lipinski definition) is 2. The van der Waals surface area contributed by atoms with Gasteiger partial charge in [0.1, 0.15) is 5.41 Å². The number of aryl methyl sites for hydroxylation is 2. The summed E-state index contributed by atoms with van der Waals surface area (Å²) in [7, 11) is 0. The second-order valence-corrected chi connectivity index (χ2v) is 4.52. The van der Waals surface area contributed by atoms with Gasteiger partial charge in [0, 0.05) is 5.56 Å². The summed E-state index contributed by atoms with van der Waals surface area (Å²) in [6.45, 7) is 3.89. The fourth-order valence-corrected chi connectivity index (χ4v) is 1.82. The maximum atomic E-state index is 12.1. The zero-order chi connectivity index (χ0) is 11.9. The molecule has 1 fully saturated rings. The second-order valence-electron chi connectivity index (χ2n) is 4.52. The van der Waals surface area contributed by atoms with Crippen LogP contribution in [0.25, 0.3) is 0 Å². The van der Waals surface area contributed by atoms with Crippen LogP contribution in [0.3, 0.4) is 0 Å². The van der Waals surface area contributed by atoms with Crippen molar-refractivity contribution >= 4 is 11.8 Å². The molecular formula is C13H14O3. The lowest BCUT2D eigenvalue weighted by Crippen LogP contribution is -2.25. The standard InChI is InChI=1S/C13H14O3/c1-8-3-4-10(7-9(8)2)11(14)13(5-6-13)12(15)16/h3-4,7H,5-6H2,1-2H3,(H,15,16). The maximum absolute atomic E-state index is 12.1. The van der Waals surface area contributed by atoms with Gasteiger partial charge in [0.2, 0.25) is 0 Å². The number of rotatable bonds is 3. The molecule has 0 atom stereocenters. The molecular weight excluding hydrogens is 204 g/mol. The molecule has 1 saturated carbocycles. The Morgan fingerprint density at radius 3 is 2.25 bits per heavy atom. The third-order valence-corrected chi connectivity index (χ3v) is 3.36. The first-order valence-electron chi connectivity index (χ1n) is 5.33. The molecule has 16 heavy (non-hydrogen) atoms. The van der Waals surface area contributed by atoms with Crippen molar-refractivity contribution < 1.29 is 14.7 Å². The lowest BCUT2D eigenvalue weighted by molar-refractivity contribution is -0.141. The summed E-state index contributed by atoms with van der Waals surface area (Å²) < 4.78 is 0. The molecule has 1 N–H and O–H groups in total. The van der Waals surface area contributed by atoms with Crippen LogP contribution in [0, 0.1) is 19.3 Å². The molecule has 0 aromatic heterocycles. The number of ketones is 1. The van der Waals surface area contributed by atoms with Crippen LogP contribution in [-0.4, -0.2) is 16.9 Å². The van der Waals surface area contributed by atoms with Gasteiger partial charge in [-0.15, -0.1) is 0 Å². The molecule has 1 aliphatic rings. The van der Waals surface area contributed by atoms with Crippen LogP contribution in [-0.2, 0) is 4.79 Å². The van der Waals surface area contributed by atoms with E-state index in [-0.39, 0.29) is 5.78 Å². The van der Waals surface area contributed by atoms with Gasteiger partial charge in [-0.25, -0.2) is 0 Å². The molecule has 0 amide bonds. The minimum atomic E-state index is -1.12. The summed E-state index contributed by atoms with van der Waals surface area (Å²) in [5.74, 6) is -1.24. The summed E-state index contributed by atoms with van der Waals surface area (Å²) >= 11 is 0. The fraction of sp³-hybridized carbons (Fsp3) is 0.385. The first-order valence-corrected chi connectivity index (χ1v) is 5.33. The molecule has 0 heterocycles. The molecule has 0 unspecified atom stereocenters. The highest BCUT2D eigenvalue weighted by molar-refractivity contribution is 6.14. The van der Waals surface area contributed by atoms with Gasteiger partial charge >= 0.3 is 5.97 Å². The molecule has 0 aliphatic heterocycles. The van der Waals surface area contributed by atoms with Crippen molar-refractivity contribution in [2.45, 2.75) is 26.7 Å². The fourth-order valence-electron chi connectivity index (χ4n) is 1.82. The van der Waals surface area contributed by atoms with Crippen molar-refractivity contribution in [3.05, 3.63) is 34.9 Å². The van der Waals surface area contributed by atoms with Crippen molar-refractivity contribution in [3.63, 3.8) is 0 Å². The number of carbonyl (C=O) groups is 2. The average molecular weight is 218 g/mol. The largest absolute Gasteiger partial charge is 0.480 e. The van der Waals surface area contributed by atoms with E-state index in [0.29, 0.717) is 18.4 Å². The molecule has 3 nitrogen and oxygen atoms in total. The van der Waals surface area contributed by atoms with E-state index in [4.69, 9.17) is 5.11 Å². The molecule has 0 radical (unpaired) electrons. The zero-order valence-corrected chi connectivity index (χ0v) is 9.41. The highest BCUT2D eigenvalue weighted by atomic mass is 16.4. The SMILES string of the molecule is Cc1ccc(C(=O)C2(C(=O)O)CC2)cc1C. The van der Waals surface area contributed by atoms with Gasteiger partial charge in [-0.05, 0) is 43.9 Å². The van der Waals surface area contributed by atoms with E-state index in [1.807, 2.05) is 19.9 Å². The Morgan fingerprint density at radius 2 is 1.81 bits per heavy atom. The quantitative estimate of drug-likeness (QED) is 0.625. The maximum Gasteiger partial charge on any atom is 0.317 e. The summed E-state index contributed by atoms with van der Waals surface area (Å²) in [5, 5.41) is 9.04. The van der Waals surface area contributed by atoms with Gasteiger partial charge in [-0.3, -0.25) is 9.59 Å². The molecule has 1 aliphatic carbocycles. The third kappa shape index (κ3) is 1.52. The van der Waals surface area contributed by atoms with Gasteiger partial charge in [-0.1, -0.05) is 12.1 Å². The van der Waals surface area contributed by atoms with E-state index >= 15 is 0 Å². The topological polar surface area (TPSA) is 54.4 Å². The van der Waals surface area contributed by atoms with E-state index < -0.39 is 11.4 Å². The normalized spacial score (nSPS) is 16.9. The minimum absolute atomic E-state index is 0.247. The van der Waals surface area contributed by atoms with Gasteiger partial charge in [0.15, 0.2) is 5.78 Å². The van der Waals surface area contributed by atoms with Gasteiger partial charge in [-0.2, -0.15) is 0 Å². The Morgan fingerprint density at radius 1 is 1.19 bits per heavy atom. The predicted molar refractivity (Wildman–Crippen MR) is 59.5 cm³/mol. The molecule has 84 valence electrons. The van der Waals surface area contributed by atoms with Crippen molar-refractivity contribution in [3.8, 4) is 0 Å². The van der Waals surface area contributed by atoms with Crippen LogP contribution in [0.1, 0.15) is 34.3 Å². The van der Waals surface area contributed by atoms with Crippen molar-refractivity contribution in [1.82, 2.24) is 0 Å². The van der Waals surface area contributed by atoms with Crippen LogP contribution >= 0.6 is 0 Å². The Labute approximate surface area is 94.1 Å². The highest BCUT2D eigenvalue weighted by Gasteiger charge is 2.56. The summed E-state index contributed by atoms with van der Waals surface area (Å²) in [6.07, 6.45) is 0.933. The van der Waals surface area contributed by atoms with Gasteiger partial charge < -0.3 is 5.11 Å². The molecule has 2 rings (SSSR count). The second kappa shape index (κ2) is 3.44. The lowest BCUT2D eigenvalue weighted by Gasteiger charge is -2.09. The van der Waals surface area contributed by atoms with E-state index in [9.17, 15) is 9.59 Å². The van der Waals surface area contributed by atoms with Gasteiger partial charge in [0.25, 0.3) is 0 Å². The smallest absolute Gasteiger partial charge is 0.317 e. The van der Waals surface area contributed by atoms with Crippen molar-refractivity contribution in [2.24, 2.45) is 5.41 Å².